The van der Waals surface area contributed by atoms with Gasteiger partial charge in [0, 0.05) is 23.4 Å². The second-order valence-electron chi connectivity index (χ2n) is 5.33. The van der Waals surface area contributed by atoms with Crippen LogP contribution < -0.4 is 0 Å². The van der Waals surface area contributed by atoms with Crippen LogP contribution in [0.5, 0.6) is 0 Å². The highest BCUT2D eigenvalue weighted by Gasteiger charge is 2.20. The average Bonchev–Trinajstić information content (AvgIpc) is 3.19. The molecular weight excluding hydrogens is 356 g/mol. The second-order valence-corrected chi connectivity index (χ2v) is 6.19. The lowest BCUT2D eigenvalue weighted by molar-refractivity contribution is 0.0713. The van der Waals surface area contributed by atoms with Crippen LogP contribution in [0.15, 0.2) is 69.9 Å². The van der Waals surface area contributed by atoms with Crippen molar-refractivity contribution in [2.24, 2.45) is 7.05 Å². The molecular formula is C18H17BrN2O2. The first kappa shape index (κ1) is 15.6. The molecule has 0 spiro atoms. The molecule has 4 nitrogen and oxygen atoms in total. The summed E-state index contributed by atoms with van der Waals surface area (Å²) in [5.41, 5.74) is 1.71. The zero-order valence-corrected chi connectivity index (χ0v) is 14.4. The standard InChI is InChI=1S/C18H17BrN2O2/c1-20-10-4-6-14(20)12-21(13-15-7-5-11-23-15)18(22)16-8-2-3-9-17(16)19/h2-11H,12-13H2,1H3. The number of carbonyl (C=O) groups is 1. The van der Waals surface area contributed by atoms with Crippen LogP contribution in [0.2, 0.25) is 0 Å². The van der Waals surface area contributed by atoms with Crippen LogP contribution in [0.25, 0.3) is 0 Å². The number of carbonyl (C=O) groups excluding carboxylic acids is 1. The van der Waals surface area contributed by atoms with Gasteiger partial charge in [-0.1, -0.05) is 12.1 Å². The summed E-state index contributed by atoms with van der Waals surface area (Å²) in [6.07, 6.45) is 3.60. The van der Waals surface area contributed by atoms with Crippen LogP contribution in [0.4, 0.5) is 0 Å². The van der Waals surface area contributed by atoms with Gasteiger partial charge in [-0.2, -0.15) is 0 Å². The zero-order chi connectivity index (χ0) is 16.2. The molecule has 5 heteroatoms. The van der Waals surface area contributed by atoms with E-state index in [0.29, 0.717) is 18.7 Å². The summed E-state index contributed by atoms with van der Waals surface area (Å²) in [4.78, 5) is 14.8. The van der Waals surface area contributed by atoms with Crippen LogP contribution >= 0.6 is 15.9 Å². The van der Waals surface area contributed by atoms with Gasteiger partial charge in [0.15, 0.2) is 0 Å². The number of halogens is 1. The van der Waals surface area contributed by atoms with Crippen molar-refractivity contribution in [2.45, 2.75) is 13.1 Å². The summed E-state index contributed by atoms with van der Waals surface area (Å²) in [5, 5.41) is 0. The number of hydrogen-bond donors (Lipinski definition) is 0. The number of rotatable bonds is 5. The van der Waals surface area contributed by atoms with Crippen LogP contribution in [0, 0.1) is 0 Å². The van der Waals surface area contributed by atoms with Crippen LogP contribution in [-0.4, -0.2) is 15.4 Å². The molecule has 1 amide bonds. The Morgan fingerprint density at radius 1 is 1.13 bits per heavy atom. The molecule has 3 aromatic rings. The van der Waals surface area contributed by atoms with E-state index in [4.69, 9.17) is 4.42 Å². The molecule has 23 heavy (non-hydrogen) atoms. The van der Waals surface area contributed by atoms with Crippen molar-refractivity contribution in [1.82, 2.24) is 9.47 Å². The van der Waals surface area contributed by atoms with Gasteiger partial charge in [-0.3, -0.25) is 4.79 Å². The van der Waals surface area contributed by atoms with Gasteiger partial charge in [0.25, 0.3) is 5.91 Å². The Morgan fingerprint density at radius 2 is 1.96 bits per heavy atom. The lowest BCUT2D eigenvalue weighted by Crippen LogP contribution is -2.31. The fourth-order valence-electron chi connectivity index (χ4n) is 2.45. The average molecular weight is 373 g/mol. The molecule has 2 aromatic heterocycles. The lowest BCUT2D eigenvalue weighted by atomic mass is 10.2. The third-order valence-corrected chi connectivity index (χ3v) is 4.41. The Labute approximate surface area is 143 Å². The molecule has 0 unspecified atom stereocenters. The van der Waals surface area contributed by atoms with Gasteiger partial charge >= 0.3 is 0 Å². The Kier molecular flexibility index (Phi) is 4.67. The molecule has 0 aliphatic rings. The molecule has 0 aliphatic heterocycles. The van der Waals surface area contributed by atoms with E-state index in [1.54, 1.807) is 11.2 Å². The molecule has 0 saturated heterocycles. The van der Waals surface area contributed by atoms with Crippen LogP contribution in [0.1, 0.15) is 21.8 Å². The Bertz CT molecular complexity index is 793. The van der Waals surface area contributed by atoms with Gasteiger partial charge in [-0.15, -0.1) is 0 Å². The summed E-state index contributed by atoms with van der Waals surface area (Å²) >= 11 is 3.46. The predicted octanol–water partition coefficient (Wildman–Crippen LogP) is 4.22. The number of nitrogens with zero attached hydrogens (tertiary/aromatic N) is 2. The van der Waals surface area contributed by atoms with Gasteiger partial charge in [-0.05, 0) is 52.3 Å². The first-order chi connectivity index (χ1) is 11.1. The molecule has 118 valence electrons. The molecule has 3 rings (SSSR count). The molecule has 0 saturated carbocycles. The summed E-state index contributed by atoms with van der Waals surface area (Å²) in [6, 6.07) is 15.2. The van der Waals surface area contributed by atoms with Gasteiger partial charge < -0.3 is 13.9 Å². The van der Waals surface area contributed by atoms with E-state index in [-0.39, 0.29) is 5.91 Å². The van der Waals surface area contributed by atoms with E-state index >= 15 is 0 Å². The van der Waals surface area contributed by atoms with Crippen LogP contribution in [0.3, 0.4) is 0 Å². The van der Waals surface area contributed by atoms with Gasteiger partial charge in [0.1, 0.15) is 5.76 Å². The quantitative estimate of drug-likeness (QED) is 0.672. The maximum absolute atomic E-state index is 13.0. The summed E-state index contributed by atoms with van der Waals surface area (Å²) in [5.74, 6) is 0.731. The number of furan rings is 1. The largest absolute Gasteiger partial charge is 0.467 e. The van der Waals surface area contributed by atoms with E-state index in [1.165, 1.54) is 0 Å². The van der Waals surface area contributed by atoms with Crippen molar-refractivity contribution >= 4 is 21.8 Å². The highest BCUT2D eigenvalue weighted by molar-refractivity contribution is 9.10. The monoisotopic (exact) mass is 372 g/mol. The predicted molar refractivity (Wildman–Crippen MR) is 91.8 cm³/mol. The fourth-order valence-corrected chi connectivity index (χ4v) is 2.91. The highest BCUT2D eigenvalue weighted by Crippen LogP contribution is 2.21. The molecule has 0 atom stereocenters. The highest BCUT2D eigenvalue weighted by atomic mass is 79.9. The van der Waals surface area contributed by atoms with Crippen molar-refractivity contribution in [3.63, 3.8) is 0 Å². The molecule has 0 N–H and O–H groups in total. The normalized spacial score (nSPS) is 10.7. The third kappa shape index (κ3) is 3.56. The second kappa shape index (κ2) is 6.87. The number of benzene rings is 1. The smallest absolute Gasteiger partial charge is 0.255 e. The van der Waals surface area contributed by atoms with E-state index in [0.717, 1.165) is 15.9 Å². The minimum Gasteiger partial charge on any atom is -0.467 e. The van der Waals surface area contributed by atoms with E-state index in [2.05, 4.69) is 15.9 Å². The Hall–Kier alpha value is -2.27. The van der Waals surface area contributed by atoms with E-state index in [9.17, 15) is 4.79 Å². The molecule has 0 bridgehead atoms. The number of aryl methyl sites for hydroxylation is 1. The van der Waals surface area contributed by atoms with Crippen molar-refractivity contribution < 1.29 is 9.21 Å². The van der Waals surface area contributed by atoms with Gasteiger partial charge in [-0.25, -0.2) is 0 Å². The number of amides is 1. The third-order valence-electron chi connectivity index (χ3n) is 3.72. The minimum atomic E-state index is -0.0323. The SMILES string of the molecule is Cn1cccc1CN(Cc1ccco1)C(=O)c1ccccc1Br. The van der Waals surface area contributed by atoms with Gasteiger partial charge in [0.05, 0.1) is 24.9 Å². The first-order valence-electron chi connectivity index (χ1n) is 7.31. The Balaban J connectivity index is 1.89. The van der Waals surface area contributed by atoms with Crippen LogP contribution in [-0.2, 0) is 20.1 Å². The van der Waals surface area contributed by atoms with Crippen molar-refractivity contribution in [3.8, 4) is 0 Å². The first-order valence-corrected chi connectivity index (χ1v) is 8.11. The summed E-state index contributed by atoms with van der Waals surface area (Å²) < 4.78 is 8.23. The minimum absolute atomic E-state index is 0.0323. The maximum atomic E-state index is 13.0. The topological polar surface area (TPSA) is 38.4 Å². The lowest BCUT2D eigenvalue weighted by Gasteiger charge is -2.22. The maximum Gasteiger partial charge on any atom is 0.255 e. The summed E-state index contributed by atoms with van der Waals surface area (Å²) in [6.45, 7) is 0.947. The number of hydrogen-bond acceptors (Lipinski definition) is 2. The molecule has 1 aromatic carbocycles. The fraction of sp³-hybridized carbons (Fsp3) is 0.167. The molecule has 0 fully saturated rings. The Morgan fingerprint density at radius 3 is 2.61 bits per heavy atom. The van der Waals surface area contributed by atoms with Crippen molar-refractivity contribution in [1.29, 1.82) is 0 Å². The van der Waals surface area contributed by atoms with Gasteiger partial charge in [0.2, 0.25) is 0 Å². The van der Waals surface area contributed by atoms with E-state index in [1.807, 2.05) is 66.3 Å². The number of aromatic nitrogens is 1. The molecule has 2 heterocycles. The molecule has 0 radical (unpaired) electrons. The summed E-state index contributed by atoms with van der Waals surface area (Å²) in [7, 11) is 1.98. The van der Waals surface area contributed by atoms with Crippen molar-refractivity contribution in [2.75, 3.05) is 0 Å². The molecule has 0 aliphatic carbocycles. The zero-order valence-electron chi connectivity index (χ0n) is 12.8. The van der Waals surface area contributed by atoms with Crippen molar-refractivity contribution in [3.05, 3.63) is 82.5 Å². The van der Waals surface area contributed by atoms with E-state index < -0.39 is 0 Å².